The molecule has 0 aromatic carbocycles. The van der Waals surface area contributed by atoms with E-state index in [2.05, 4.69) is 14.9 Å². The van der Waals surface area contributed by atoms with E-state index >= 15 is 0 Å². The molecule has 0 radical (unpaired) electrons. The van der Waals surface area contributed by atoms with Gasteiger partial charge in [-0.25, -0.2) is 18.7 Å². The maximum Gasteiger partial charge on any atom is 0.265 e. The first-order chi connectivity index (χ1) is 13.6. The van der Waals surface area contributed by atoms with Gasteiger partial charge in [0, 0.05) is 55.6 Å². The molecular formula is C20H19F2N5O. The van der Waals surface area contributed by atoms with Crippen LogP contribution in [0, 0.1) is 0 Å². The van der Waals surface area contributed by atoms with Crippen LogP contribution in [0.1, 0.15) is 24.8 Å². The third kappa shape index (κ3) is 2.80. The van der Waals surface area contributed by atoms with Gasteiger partial charge in [-0.1, -0.05) is 0 Å². The lowest BCUT2D eigenvalue weighted by Crippen LogP contribution is -2.51. The molecule has 0 spiro atoms. The second kappa shape index (κ2) is 6.54. The number of rotatable bonds is 3. The van der Waals surface area contributed by atoms with Gasteiger partial charge in [0.1, 0.15) is 11.5 Å². The Morgan fingerprint density at radius 2 is 2.04 bits per heavy atom. The standard InChI is InChI=1S/C20H19F2N5O/c21-20(22)14-1-3-17-24-10-16(27(17)11-14)13-5-6-23-18(9-13)25-7-8-26-15(12-25)2-4-19(26)28/h1,3,5-6,9-11,15,20H,2,4,7-8,12H2. The Labute approximate surface area is 160 Å². The Kier molecular flexibility index (Phi) is 3.99. The number of pyridine rings is 2. The molecule has 1 amide bonds. The van der Waals surface area contributed by atoms with Gasteiger partial charge in [0.05, 0.1) is 11.9 Å². The SMILES string of the molecule is O=C1CCC2CN(c3cc(-c4cnc5ccc(C(F)F)cn45)ccn3)CCN12. The number of hydrogen-bond donors (Lipinski definition) is 0. The van der Waals surface area contributed by atoms with E-state index in [1.54, 1.807) is 22.9 Å². The number of amides is 1. The second-order valence-electron chi connectivity index (χ2n) is 7.26. The van der Waals surface area contributed by atoms with Gasteiger partial charge in [-0.15, -0.1) is 0 Å². The van der Waals surface area contributed by atoms with Crippen LogP contribution in [-0.4, -0.2) is 50.9 Å². The average molecular weight is 383 g/mol. The summed E-state index contributed by atoms with van der Waals surface area (Å²) in [6.45, 7) is 2.22. The molecule has 1 unspecified atom stereocenters. The van der Waals surface area contributed by atoms with E-state index in [0.29, 0.717) is 18.6 Å². The maximum absolute atomic E-state index is 13.1. The highest BCUT2D eigenvalue weighted by Gasteiger charge is 2.35. The highest BCUT2D eigenvalue weighted by molar-refractivity contribution is 5.79. The zero-order valence-electron chi connectivity index (χ0n) is 15.1. The number of alkyl halides is 2. The van der Waals surface area contributed by atoms with E-state index < -0.39 is 6.43 Å². The van der Waals surface area contributed by atoms with E-state index in [1.807, 2.05) is 17.0 Å². The molecule has 3 aromatic rings. The van der Waals surface area contributed by atoms with Crippen LogP contribution < -0.4 is 4.90 Å². The summed E-state index contributed by atoms with van der Waals surface area (Å²) in [6.07, 6.45) is 3.84. The van der Waals surface area contributed by atoms with Crippen LogP contribution in [0.25, 0.3) is 16.9 Å². The van der Waals surface area contributed by atoms with Gasteiger partial charge in [0.2, 0.25) is 5.91 Å². The molecule has 28 heavy (non-hydrogen) atoms. The number of nitrogens with zero attached hydrogens (tertiary/aromatic N) is 5. The van der Waals surface area contributed by atoms with Gasteiger partial charge in [-0.3, -0.25) is 9.20 Å². The van der Waals surface area contributed by atoms with Gasteiger partial charge in [0.15, 0.2) is 0 Å². The predicted octanol–water partition coefficient (Wildman–Crippen LogP) is 3.14. The molecule has 0 saturated carbocycles. The molecule has 6 nitrogen and oxygen atoms in total. The van der Waals surface area contributed by atoms with E-state index in [9.17, 15) is 13.6 Å². The molecule has 3 aromatic heterocycles. The van der Waals surface area contributed by atoms with E-state index in [4.69, 9.17) is 0 Å². The van der Waals surface area contributed by atoms with Crippen LogP contribution >= 0.6 is 0 Å². The normalized spacial score (nSPS) is 19.7. The van der Waals surface area contributed by atoms with Crippen molar-refractivity contribution in [2.75, 3.05) is 24.5 Å². The van der Waals surface area contributed by atoms with Crippen LogP contribution in [0.3, 0.4) is 0 Å². The number of halogens is 2. The van der Waals surface area contributed by atoms with Gasteiger partial charge in [-0.2, -0.15) is 0 Å². The molecule has 0 bridgehead atoms. The molecule has 8 heteroatoms. The third-order valence-electron chi connectivity index (χ3n) is 5.64. The van der Waals surface area contributed by atoms with Crippen molar-refractivity contribution in [3.05, 3.63) is 48.4 Å². The predicted molar refractivity (Wildman–Crippen MR) is 100 cm³/mol. The first kappa shape index (κ1) is 17.1. The summed E-state index contributed by atoms with van der Waals surface area (Å²) in [5, 5.41) is 0. The van der Waals surface area contributed by atoms with Crippen LogP contribution in [0.2, 0.25) is 0 Å². The summed E-state index contributed by atoms with van der Waals surface area (Å²) in [6, 6.07) is 7.07. The molecule has 2 aliphatic rings. The number of piperazine rings is 1. The largest absolute Gasteiger partial charge is 0.353 e. The van der Waals surface area contributed by atoms with Crippen molar-refractivity contribution in [3.8, 4) is 11.3 Å². The molecule has 0 N–H and O–H groups in total. The number of hydrogen-bond acceptors (Lipinski definition) is 4. The lowest BCUT2D eigenvalue weighted by Gasteiger charge is -2.38. The highest BCUT2D eigenvalue weighted by atomic mass is 19.3. The van der Waals surface area contributed by atoms with Crippen molar-refractivity contribution in [2.24, 2.45) is 0 Å². The Morgan fingerprint density at radius 3 is 2.89 bits per heavy atom. The summed E-state index contributed by atoms with van der Waals surface area (Å²) in [7, 11) is 0. The van der Waals surface area contributed by atoms with Crippen LogP contribution in [0.4, 0.5) is 14.6 Å². The minimum absolute atomic E-state index is 0.0388. The number of fused-ring (bicyclic) bond motifs is 2. The summed E-state index contributed by atoms with van der Waals surface area (Å²) >= 11 is 0. The van der Waals surface area contributed by atoms with Gasteiger partial charge < -0.3 is 9.80 Å². The summed E-state index contributed by atoms with van der Waals surface area (Å²) in [4.78, 5) is 24.9. The van der Waals surface area contributed by atoms with Gasteiger partial charge >= 0.3 is 0 Å². The van der Waals surface area contributed by atoms with Gasteiger partial charge in [0.25, 0.3) is 6.43 Å². The summed E-state index contributed by atoms with van der Waals surface area (Å²) in [5.74, 6) is 1.07. The number of aromatic nitrogens is 3. The van der Waals surface area contributed by atoms with Crippen molar-refractivity contribution in [1.82, 2.24) is 19.3 Å². The molecule has 0 aliphatic carbocycles. The van der Waals surface area contributed by atoms with E-state index in [-0.39, 0.29) is 17.5 Å². The topological polar surface area (TPSA) is 53.7 Å². The Balaban J connectivity index is 1.47. The minimum Gasteiger partial charge on any atom is -0.353 e. The zero-order chi connectivity index (χ0) is 19.3. The van der Waals surface area contributed by atoms with Crippen LogP contribution in [0.15, 0.2) is 42.9 Å². The molecule has 5 heterocycles. The van der Waals surface area contributed by atoms with Crippen molar-refractivity contribution in [3.63, 3.8) is 0 Å². The first-order valence-corrected chi connectivity index (χ1v) is 9.36. The Morgan fingerprint density at radius 1 is 1.14 bits per heavy atom. The fourth-order valence-corrected chi connectivity index (χ4v) is 4.16. The van der Waals surface area contributed by atoms with E-state index in [1.165, 1.54) is 12.3 Å². The molecule has 2 aliphatic heterocycles. The van der Waals surface area contributed by atoms with Crippen molar-refractivity contribution >= 4 is 17.4 Å². The summed E-state index contributed by atoms with van der Waals surface area (Å²) < 4.78 is 27.9. The number of carbonyl (C=O) groups is 1. The fraction of sp³-hybridized carbons (Fsp3) is 0.350. The molecule has 144 valence electrons. The molecule has 2 fully saturated rings. The van der Waals surface area contributed by atoms with Gasteiger partial charge in [-0.05, 0) is 30.7 Å². The monoisotopic (exact) mass is 383 g/mol. The van der Waals surface area contributed by atoms with Crippen molar-refractivity contribution in [1.29, 1.82) is 0 Å². The van der Waals surface area contributed by atoms with Crippen molar-refractivity contribution in [2.45, 2.75) is 25.3 Å². The Bertz CT molecular complexity index is 1050. The quantitative estimate of drug-likeness (QED) is 0.697. The number of anilines is 1. The van der Waals surface area contributed by atoms with Crippen molar-refractivity contribution < 1.29 is 13.6 Å². The molecule has 2 saturated heterocycles. The number of imidazole rings is 1. The Hall–Kier alpha value is -3.03. The lowest BCUT2D eigenvalue weighted by molar-refractivity contribution is -0.129. The molecule has 5 rings (SSSR count). The van der Waals surface area contributed by atoms with Crippen LogP contribution in [-0.2, 0) is 4.79 Å². The van der Waals surface area contributed by atoms with E-state index in [0.717, 1.165) is 36.6 Å². The smallest absolute Gasteiger partial charge is 0.265 e. The number of carbonyl (C=O) groups excluding carboxylic acids is 1. The zero-order valence-corrected chi connectivity index (χ0v) is 15.1. The highest BCUT2D eigenvalue weighted by Crippen LogP contribution is 2.29. The van der Waals surface area contributed by atoms with Crippen LogP contribution in [0.5, 0.6) is 0 Å². The average Bonchev–Trinajstić information content (AvgIpc) is 3.31. The molecular weight excluding hydrogens is 364 g/mol. The first-order valence-electron chi connectivity index (χ1n) is 9.36. The lowest BCUT2D eigenvalue weighted by atomic mass is 10.1. The second-order valence-corrected chi connectivity index (χ2v) is 7.26. The minimum atomic E-state index is -2.53. The summed E-state index contributed by atoms with van der Waals surface area (Å²) in [5.41, 5.74) is 2.20. The third-order valence-corrected chi connectivity index (χ3v) is 5.64. The maximum atomic E-state index is 13.1. The molecule has 1 atom stereocenters. The fourth-order valence-electron chi connectivity index (χ4n) is 4.16.